The van der Waals surface area contributed by atoms with Crippen molar-refractivity contribution in [1.82, 2.24) is 4.90 Å². The maximum Gasteiger partial charge on any atom is 0.257 e. The Morgan fingerprint density at radius 3 is 2.60 bits per heavy atom. The lowest BCUT2D eigenvalue weighted by molar-refractivity contribution is -0.124. The van der Waals surface area contributed by atoms with Crippen molar-refractivity contribution in [2.75, 3.05) is 20.7 Å². The van der Waals surface area contributed by atoms with E-state index >= 15 is 0 Å². The minimum absolute atomic E-state index is 0.00648. The van der Waals surface area contributed by atoms with Gasteiger partial charge in [-0.2, -0.15) is 0 Å². The predicted molar refractivity (Wildman–Crippen MR) is 55.7 cm³/mol. The largest absolute Gasteiger partial charge is 0.494 e. The molecule has 0 saturated carbocycles. The first-order valence-corrected chi connectivity index (χ1v) is 4.54. The fourth-order valence-corrected chi connectivity index (χ4v) is 1.55. The van der Waals surface area contributed by atoms with E-state index in [1.807, 2.05) is 0 Å². The van der Waals surface area contributed by atoms with Crippen LogP contribution in [0.25, 0.3) is 0 Å². The molecular formula is C11H14FNO2. The summed E-state index contributed by atoms with van der Waals surface area (Å²) in [5.74, 6) is -0.964. The molecule has 1 aliphatic heterocycles. The van der Waals surface area contributed by atoms with Crippen LogP contribution in [0.2, 0.25) is 0 Å². The number of rotatable bonds is 3. The number of likely N-dealkylation sites (N-methyl/N-ethyl adjacent to an activating group) is 1. The van der Waals surface area contributed by atoms with Crippen LogP contribution < -0.4 is 0 Å². The Morgan fingerprint density at radius 2 is 2.27 bits per heavy atom. The maximum absolute atomic E-state index is 13.8. The molecule has 0 saturated heterocycles. The van der Waals surface area contributed by atoms with Gasteiger partial charge in [0.1, 0.15) is 0 Å². The standard InChI is InChI=1S/C11H14FNO2/c1-5-8(15-4)10(12)9-7(2)6-13(3)11(9)14/h5H,1,6H2,2-4H3/b10-8-. The van der Waals surface area contributed by atoms with Crippen LogP contribution in [0.15, 0.2) is 35.4 Å². The van der Waals surface area contributed by atoms with Crippen molar-refractivity contribution in [1.29, 1.82) is 0 Å². The number of halogens is 1. The zero-order valence-corrected chi connectivity index (χ0v) is 9.13. The van der Waals surface area contributed by atoms with Crippen molar-refractivity contribution in [2.45, 2.75) is 6.92 Å². The molecule has 0 radical (unpaired) electrons. The summed E-state index contributed by atoms with van der Waals surface area (Å²) in [7, 11) is 2.97. The first kappa shape index (κ1) is 11.5. The first-order chi connectivity index (χ1) is 7.02. The topological polar surface area (TPSA) is 29.5 Å². The minimum Gasteiger partial charge on any atom is -0.494 e. The lowest BCUT2D eigenvalue weighted by atomic mass is 10.1. The highest BCUT2D eigenvalue weighted by atomic mass is 19.1. The Labute approximate surface area is 88.5 Å². The van der Waals surface area contributed by atoms with Gasteiger partial charge < -0.3 is 9.64 Å². The van der Waals surface area contributed by atoms with Crippen LogP contribution in [-0.4, -0.2) is 31.5 Å². The van der Waals surface area contributed by atoms with Crippen LogP contribution in [0.4, 0.5) is 4.39 Å². The van der Waals surface area contributed by atoms with Gasteiger partial charge in [0.15, 0.2) is 11.6 Å². The van der Waals surface area contributed by atoms with Crippen LogP contribution in [-0.2, 0) is 9.53 Å². The van der Waals surface area contributed by atoms with Crippen LogP contribution in [0.3, 0.4) is 0 Å². The number of nitrogens with zero attached hydrogens (tertiary/aromatic N) is 1. The van der Waals surface area contributed by atoms with E-state index in [0.29, 0.717) is 12.1 Å². The molecule has 1 rings (SSSR count). The van der Waals surface area contributed by atoms with Crippen LogP contribution in [0, 0.1) is 0 Å². The maximum atomic E-state index is 13.8. The van der Waals surface area contributed by atoms with Crippen LogP contribution in [0.1, 0.15) is 6.92 Å². The van der Waals surface area contributed by atoms with Gasteiger partial charge in [-0.25, -0.2) is 4.39 Å². The number of hydrogen-bond donors (Lipinski definition) is 0. The van der Waals surface area contributed by atoms with Crippen LogP contribution in [0.5, 0.6) is 0 Å². The Balaban J connectivity index is 3.19. The molecule has 15 heavy (non-hydrogen) atoms. The van der Waals surface area contributed by atoms with E-state index in [1.165, 1.54) is 18.1 Å². The smallest absolute Gasteiger partial charge is 0.257 e. The number of methoxy groups -OCH3 is 1. The second-order valence-corrected chi connectivity index (χ2v) is 3.40. The van der Waals surface area contributed by atoms with E-state index in [4.69, 9.17) is 4.74 Å². The quantitative estimate of drug-likeness (QED) is 0.526. The Bertz CT molecular complexity index is 369. The summed E-state index contributed by atoms with van der Waals surface area (Å²) in [4.78, 5) is 13.1. The highest BCUT2D eigenvalue weighted by Crippen LogP contribution is 2.27. The van der Waals surface area contributed by atoms with Gasteiger partial charge in [-0.3, -0.25) is 4.79 Å². The fraction of sp³-hybridized carbons (Fsp3) is 0.364. The van der Waals surface area contributed by atoms with Crippen LogP contribution >= 0.6 is 0 Å². The zero-order valence-electron chi connectivity index (χ0n) is 9.13. The van der Waals surface area contributed by atoms with Crippen molar-refractivity contribution in [3.63, 3.8) is 0 Å². The summed E-state index contributed by atoms with van der Waals surface area (Å²) in [5.41, 5.74) is 0.797. The SMILES string of the molecule is C=C/C(OC)=C(/F)C1=C(C)CN(C)C1=O. The van der Waals surface area contributed by atoms with Gasteiger partial charge in [-0.15, -0.1) is 0 Å². The van der Waals surface area contributed by atoms with E-state index < -0.39 is 5.83 Å². The Hall–Kier alpha value is -1.58. The third kappa shape index (κ3) is 1.93. The molecule has 0 atom stereocenters. The number of hydrogen-bond acceptors (Lipinski definition) is 2. The normalized spacial score (nSPS) is 18.1. The van der Waals surface area contributed by atoms with Crippen molar-refractivity contribution < 1.29 is 13.9 Å². The summed E-state index contributed by atoms with van der Waals surface area (Å²) in [6.45, 7) is 5.61. The molecule has 1 aliphatic rings. The molecule has 0 spiro atoms. The average molecular weight is 211 g/mol. The number of amides is 1. The lowest BCUT2D eigenvalue weighted by Gasteiger charge is -2.08. The molecule has 1 amide bonds. The molecule has 0 aromatic carbocycles. The minimum atomic E-state index is -0.639. The third-order valence-electron chi connectivity index (χ3n) is 2.30. The molecule has 0 aromatic heterocycles. The number of carbonyl (C=O) groups is 1. The molecule has 4 heteroatoms. The van der Waals surface area contributed by atoms with E-state index in [-0.39, 0.29) is 17.2 Å². The molecule has 0 aliphatic carbocycles. The number of ether oxygens (including phenoxy) is 1. The molecule has 1 heterocycles. The molecule has 0 N–H and O–H groups in total. The predicted octanol–water partition coefficient (Wildman–Crippen LogP) is 1.79. The summed E-state index contributed by atoms with van der Waals surface area (Å²) in [6, 6.07) is 0. The molecule has 0 unspecified atom stereocenters. The van der Waals surface area contributed by atoms with Crippen molar-refractivity contribution in [3.8, 4) is 0 Å². The summed E-state index contributed by atoms with van der Waals surface area (Å²) in [6.07, 6.45) is 1.25. The third-order valence-corrected chi connectivity index (χ3v) is 2.30. The second-order valence-electron chi connectivity index (χ2n) is 3.40. The second kappa shape index (κ2) is 4.29. The highest BCUT2D eigenvalue weighted by Gasteiger charge is 2.29. The molecular weight excluding hydrogens is 197 g/mol. The fourth-order valence-electron chi connectivity index (χ4n) is 1.55. The molecule has 0 bridgehead atoms. The van der Waals surface area contributed by atoms with E-state index in [1.54, 1.807) is 14.0 Å². The molecule has 0 fully saturated rings. The van der Waals surface area contributed by atoms with Gasteiger partial charge in [0.05, 0.1) is 12.7 Å². The Morgan fingerprint density at radius 1 is 1.67 bits per heavy atom. The van der Waals surface area contributed by atoms with Crippen molar-refractivity contribution in [2.24, 2.45) is 0 Å². The van der Waals surface area contributed by atoms with Gasteiger partial charge in [-0.05, 0) is 18.6 Å². The van der Waals surface area contributed by atoms with Gasteiger partial charge >= 0.3 is 0 Å². The average Bonchev–Trinajstić information content (AvgIpc) is 2.43. The van der Waals surface area contributed by atoms with Gasteiger partial charge in [0, 0.05) is 13.6 Å². The molecule has 82 valence electrons. The summed E-state index contributed by atoms with van der Waals surface area (Å²) >= 11 is 0. The van der Waals surface area contributed by atoms with Gasteiger partial charge in [0.2, 0.25) is 0 Å². The summed E-state index contributed by atoms with van der Waals surface area (Å²) < 4.78 is 18.6. The monoisotopic (exact) mass is 211 g/mol. The summed E-state index contributed by atoms with van der Waals surface area (Å²) in [5, 5.41) is 0. The number of carbonyl (C=O) groups excluding carboxylic acids is 1. The number of allylic oxidation sites excluding steroid dienone is 1. The van der Waals surface area contributed by atoms with Crippen molar-refractivity contribution >= 4 is 5.91 Å². The molecule has 0 aromatic rings. The first-order valence-electron chi connectivity index (χ1n) is 4.54. The van der Waals surface area contributed by atoms with E-state index in [0.717, 1.165) is 0 Å². The zero-order chi connectivity index (χ0) is 11.6. The molecule has 3 nitrogen and oxygen atoms in total. The van der Waals surface area contributed by atoms with Crippen molar-refractivity contribution in [3.05, 3.63) is 35.4 Å². The van der Waals surface area contributed by atoms with E-state index in [2.05, 4.69) is 6.58 Å². The van der Waals surface area contributed by atoms with E-state index in [9.17, 15) is 9.18 Å². The van der Waals surface area contributed by atoms with Gasteiger partial charge in [0.25, 0.3) is 5.91 Å². The van der Waals surface area contributed by atoms with Gasteiger partial charge in [-0.1, -0.05) is 6.58 Å². The lowest BCUT2D eigenvalue weighted by Crippen LogP contribution is -2.22. The Kier molecular flexibility index (Phi) is 3.29. The highest BCUT2D eigenvalue weighted by molar-refractivity contribution is 6.00.